The molecule has 0 radical (unpaired) electrons. The molecule has 0 atom stereocenters. The summed E-state index contributed by atoms with van der Waals surface area (Å²) >= 11 is 0. The number of nitrogens with one attached hydrogen (secondary N) is 1. The van der Waals surface area contributed by atoms with E-state index >= 15 is 0 Å². The molecule has 0 rings (SSSR count). The van der Waals surface area contributed by atoms with Crippen LogP contribution in [0, 0.1) is 0 Å². The first-order valence-corrected chi connectivity index (χ1v) is 2.78. The van der Waals surface area contributed by atoms with Crippen LogP contribution >= 0.6 is 0 Å². The smallest absolute Gasteiger partial charge is 0.414 e. The topological polar surface area (TPSA) is 95.9 Å². The van der Waals surface area contributed by atoms with Crippen molar-refractivity contribution in [1.82, 2.24) is 5.48 Å². The number of hydrogen-bond acceptors (Lipinski definition) is 4. The van der Waals surface area contributed by atoms with E-state index in [-0.39, 0.29) is 0 Å². The molecule has 0 aromatic carbocycles. The fraction of sp³-hybridized carbons (Fsp3) is 0.600. The lowest BCUT2D eigenvalue weighted by Crippen LogP contribution is -2.09. The lowest BCUT2D eigenvalue weighted by atomic mass is 10.7. The van der Waals surface area contributed by atoms with E-state index in [9.17, 15) is 0 Å². The minimum atomic E-state index is -1.82. The average Bonchev–Trinajstić information content (AvgIpc) is 1.90. The Labute approximate surface area is 63.7 Å². The van der Waals surface area contributed by atoms with Crippen LogP contribution in [0.5, 0.6) is 0 Å². The Morgan fingerprint density at radius 1 is 1.36 bits per heavy atom. The summed E-state index contributed by atoms with van der Waals surface area (Å²) in [6, 6.07) is 0. The Kier molecular flexibility index (Phi) is 10.1. The van der Waals surface area contributed by atoms with E-state index in [1.54, 1.807) is 7.11 Å². The van der Waals surface area contributed by atoms with Gasteiger partial charge in [0.05, 0.1) is 7.11 Å². The van der Waals surface area contributed by atoms with E-state index in [1.165, 1.54) is 0 Å². The van der Waals surface area contributed by atoms with Crippen LogP contribution in [0.4, 0.5) is 0 Å². The van der Waals surface area contributed by atoms with Gasteiger partial charge in [-0.2, -0.15) is 0 Å². The maximum atomic E-state index is 9.10. The maximum Gasteiger partial charge on any atom is 0.414 e. The Hall–Kier alpha value is -1.14. The summed E-state index contributed by atoms with van der Waals surface area (Å²) < 4.78 is 0. The van der Waals surface area contributed by atoms with Crippen molar-refractivity contribution in [1.29, 1.82) is 0 Å². The Morgan fingerprint density at radius 2 is 1.73 bits per heavy atom. The van der Waals surface area contributed by atoms with Crippen LogP contribution in [0.2, 0.25) is 0 Å². The quantitative estimate of drug-likeness (QED) is 0.370. The first-order chi connectivity index (χ1) is 5.06. The SMILES string of the molecule is CCNOC.O=C(O)C(=O)O. The molecule has 0 heterocycles. The minimum absolute atomic E-state index is 0.872. The first kappa shape index (κ1) is 12.5. The number of carboxylic acids is 2. The van der Waals surface area contributed by atoms with Crippen molar-refractivity contribution in [3.63, 3.8) is 0 Å². The van der Waals surface area contributed by atoms with Gasteiger partial charge >= 0.3 is 11.9 Å². The molecule has 0 fully saturated rings. The van der Waals surface area contributed by atoms with E-state index in [1.807, 2.05) is 6.92 Å². The molecule has 0 aliphatic carbocycles. The number of carbonyl (C=O) groups is 2. The third-order valence-electron chi connectivity index (χ3n) is 0.472. The summed E-state index contributed by atoms with van der Waals surface area (Å²) in [6.07, 6.45) is 0. The molecule has 0 amide bonds. The predicted octanol–water partition coefficient (Wildman–Crippen LogP) is -0.687. The van der Waals surface area contributed by atoms with Crippen molar-refractivity contribution in [2.24, 2.45) is 0 Å². The number of hydrogen-bond donors (Lipinski definition) is 3. The third kappa shape index (κ3) is 17.7. The summed E-state index contributed by atoms with van der Waals surface area (Å²) in [5.41, 5.74) is 2.61. The second-order valence-electron chi connectivity index (χ2n) is 1.31. The van der Waals surface area contributed by atoms with E-state index in [4.69, 9.17) is 19.8 Å². The molecular weight excluding hydrogens is 154 g/mol. The van der Waals surface area contributed by atoms with Gasteiger partial charge < -0.3 is 15.1 Å². The highest BCUT2D eigenvalue weighted by Crippen LogP contribution is 1.56. The average molecular weight is 165 g/mol. The Balaban J connectivity index is 0. The second kappa shape index (κ2) is 8.86. The first-order valence-electron chi connectivity index (χ1n) is 2.78. The van der Waals surface area contributed by atoms with E-state index in [0.29, 0.717) is 0 Å². The summed E-state index contributed by atoms with van der Waals surface area (Å²) in [7, 11) is 1.60. The summed E-state index contributed by atoms with van der Waals surface area (Å²) in [5, 5.41) is 14.8. The van der Waals surface area contributed by atoms with Crippen molar-refractivity contribution in [3.8, 4) is 0 Å². The molecule has 0 saturated carbocycles. The molecule has 0 saturated heterocycles. The largest absolute Gasteiger partial charge is 0.473 e. The molecule has 0 spiro atoms. The third-order valence-corrected chi connectivity index (χ3v) is 0.472. The highest BCUT2D eigenvalue weighted by molar-refractivity contribution is 6.27. The standard InChI is InChI=1S/C3H9NO.C2H2O4/c1-3-4-5-2;3-1(4)2(5)6/h4H,3H2,1-2H3;(H,3,4)(H,5,6). The molecule has 0 bridgehead atoms. The van der Waals surface area contributed by atoms with Crippen LogP contribution in [0.25, 0.3) is 0 Å². The molecule has 0 aliphatic rings. The van der Waals surface area contributed by atoms with Gasteiger partial charge in [-0.3, -0.25) is 0 Å². The number of rotatable bonds is 2. The fourth-order valence-electron chi connectivity index (χ4n) is 0.144. The Bertz CT molecular complexity index is 110. The van der Waals surface area contributed by atoms with Crippen molar-refractivity contribution >= 4 is 11.9 Å². The van der Waals surface area contributed by atoms with Crippen LogP contribution in [0.3, 0.4) is 0 Å². The summed E-state index contributed by atoms with van der Waals surface area (Å²) in [6.45, 7) is 2.85. The van der Waals surface area contributed by atoms with Gasteiger partial charge in [0, 0.05) is 6.54 Å². The molecule has 0 unspecified atom stereocenters. The Morgan fingerprint density at radius 3 is 1.73 bits per heavy atom. The van der Waals surface area contributed by atoms with Gasteiger partial charge in [0.25, 0.3) is 0 Å². The predicted molar refractivity (Wildman–Crippen MR) is 36.0 cm³/mol. The lowest BCUT2D eigenvalue weighted by Gasteiger charge is -1.88. The normalized spacial score (nSPS) is 7.82. The van der Waals surface area contributed by atoms with E-state index in [2.05, 4.69) is 10.3 Å². The minimum Gasteiger partial charge on any atom is -0.473 e. The molecule has 11 heavy (non-hydrogen) atoms. The van der Waals surface area contributed by atoms with Crippen LogP contribution < -0.4 is 5.48 Å². The van der Waals surface area contributed by atoms with Gasteiger partial charge in [-0.25, -0.2) is 15.1 Å². The van der Waals surface area contributed by atoms with Crippen molar-refractivity contribution < 1.29 is 24.6 Å². The molecule has 0 aliphatic heterocycles. The maximum absolute atomic E-state index is 9.10. The van der Waals surface area contributed by atoms with Gasteiger partial charge in [-0.1, -0.05) is 6.92 Å². The van der Waals surface area contributed by atoms with Crippen LogP contribution in [-0.2, 0) is 14.4 Å². The zero-order valence-corrected chi connectivity index (χ0v) is 6.33. The molecule has 6 heteroatoms. The fourth-order valence-corrected chi connectivity index (χ4v) is 0.144. The van der Waals surface area contributed by atoms with Crippen LogP contribution in [-0.4, -0.2) is 35.8 Å². The molecule has 66 valence electrons. The van der Waals surface area contributed by atoms with Crippen molar-refractivity contribution in [3.05, 3.63) is 0 Å². The van der Waals surface area contributed by atoms with Gasteiger partial charge in [-0.05, 0) is 0 Å². The molecule has 3 N–H and O–H groups in total. The van der Waals surface area contributed by atoms with E-state index < -0.39 is 11.9 Å². The van der Waals surface area contributed by atoms with Gasteiger partial charge in [0.2, 0.25) is 0 Å². The highest BCUT2D eigenvalue weighted by atomic mass is 16.6. The molecular formula is C5H11NO5. The molecule has 0 aromatic heterocycles. The van der Waals surface area contributed by atoms with Gasteiger partial charge in [0.1, 0.15) is 0 Å². The number of carboxylic acid groups (broad SMARTS) is 2. The summed E-state index contributed by atoms with van der Waals surface area (Å²) in [4.78, 5) is 22.6. The lowest BCUT2D eigenvalue weighted by molar-refractivity contribution is -0.159. The van der Waals surface area contributed by atoms with Gasteiger partial charge in [-0.15, -0.1) is 0 Å². The molecule has 6 nitrogen and oxygen atoms in total. The highest BCUT2D eigenvalue weighted by Gasteiger charge is 2.04. The van der Waals surface area contributed by atoms with Crippen molar-refractivity contribution in [2.75, 3.05) is 13.7 Å². The molecule has 0 aromatic rings. The number of aliphatic carboxylic acids is 2. The summed E-state index contributed by atoms with van der Waals surface area (Å²) in [5.74, 6) is -3.65. The van der Waals surface area contributed by atoms with Crippen molar-refractivity contribution in [2.45, 2.75) is 6.92 Å². The van der Waals surface area contributed by atoms with Crippen LogP contribution in [0.15, 0.2) is 0 Å². The van der Waals surface area contributed by atoms with E-state index in [0.717, 1.165) is 6.54 Å². The number of hydroxylamine groups is 1. The monoisotopic (exact) mass is 165 g/mol. The zero-order valence-electron chi connectivity index (χ0n) is 6.33. The second-order valence-corrected chi connectivity index (χ2v) is 1.31. The van der Waals surface area contributed by atoms with Gasteiger partial charge in [0.15, 0.2) is 0 Å². The van der Waals surface area contributed by atoms with Crippen LogP contribution in [0.1, 0.15) is 6.92 Å². The zero-order chi connectivity index (χ0) is 9.28.